The van der Waals surface area contributed by atoms with Crippen molar-refractivity contribution in [3.63, 3.8) is 0 Å². The third-order valence-corrected chi connectivity index (χ3v) is 5.47. The summed E-state index contributed by atoms with van der Waals surface area (Å²) in [4.78, 5) is 16.9. The van der Waals surface area contributed by atoms with E-state index in [2.05, 4.69) is 17.1 Å². The van der Waals surface area contributed by atoms with Crippen molar-refractivity contribution in [1.29, 1.82) is 0 Å². The van der Waals surface area contributed by atoms with Crippen LogP contribution in [0.15, 0.2) is 0 Å². The molecule has 3 rings (SSSR count). The van der Waals surface area contributed by atoms with Gasteiger partial charge in [0.25, 0.3) is 0 Å². The Bertz CT molecular complexity index is 343. The Kier molecular flexibility index (Phi) is 5.14. The first-order chi connectivity index (χ1) is 10.3. The van der Waals surface area contributed by atoms with E-state index in [9.17, 15) is 4.79 Å². The normalized spacial score (nSPS) is 30.5. The van der Waals surface area contributed by atoms with Crippen LogP contribution in [0, 0.1) is 5.92 Å². The van der Waals surface area contributed by atoms with E-state index in [-0.39, 0.29) is 11.9 Å². The van der Waals surface area contributed by atoms with Gasteiger partial charge in [-0.25, -0.2) is 0 Å². The molecule has 21 heavy (non-hydrogen) atoms. The summed E-state index contributed by atoms with van der Waals surface area (Å²) in [6.07, 6.45) is 5.14. The van der Waals surface area contributed by atoms with Gasteiger partial charge in [-0.15, -0.1) is 0 Å². The summed E-state index contributed by atoms with van der Waals surface area (Å²) in [6.45, 7) is 8.29. The van der Waals surface area contributed by atoms with Crippen LogP contribution in [0.3, 0.4) is 0 Å². The molecule has 0 aromatic rings. The molecule has 120 valence electrons. The quantitative estimate of drug-likeness (QED) is 0.832. The number of nitrogens with one attached hydrogen (secondary N) is 1. The zero-order valence-corrected chi connectivity index (χ0v) is 13.2. The lowest BCUT2D eigenvalue weighted by Gasteiger charge is -2.39. The number of hydrogen-bond donors (Lipinski definition) is 1. The molecule has 1 N–H and O–H groups in total. The lowest BCUT2D eigenvalue weighted by Crippen LogP contribution is -2.53. The monoisotopic (exact) mass is 295 g/mol. The fourth-order valence-electron chi connectivity index (χ4n) is 4.03. The first kappa shape index (κ1) is 15.3. The SMILES string of the molecule is CC(C(=O)N1CCOCC1)N1CCC(C2CCCN2)CC1. The number of carbonyl (C=O) groups is 1. The Hall–Kier alpha value is -0.650. The molecule has 5 heteroatoms. The smallest absolute Gasteiger partial charge is 0.239 e. The molecule has 0 aliphatic carbocycles. The van der Waals surface area contributed by atoms with E-state index in [1.807, 2.05) is 4.90 Å². The van der Waals surface area contributed by atoms with Crippen LogP contribution in [0.5, 0.6) is 0 Å². The molecule has 0 bridgehead atoms. The minimum atomic E-state index is 0.0283. The first-order valence-electron chi connectivity index (χ1n) is 8.59. The largest absolute Gasteiger partial charge is 0.378 e. The molecule has 3 aliphatic rings. The van der Waals surface area contributed by atoms with E-state index in [0.29, 0.717) is 13.2 Å². The van der Waals surface area contributed by atoms with Crippen LogP contribution in [0.4, 0.5) is 0 Å². The van der Waals surface area contributed by atoms with Crippen molar-refractivity contribution in [2.24, 2.45) is 5.92 Å². The second-order valence-electron chi connectivity index (χ2n) is 6.69. The molecule has 3 aliphatic heterocycles. The van der Waals surface area contributed by atoms with Crippen LogP contribution in [-0.4, -0.2) is 73.7 Å². The molecule has 0 saturated carbocycles. The molecular formula is C16H29N3O2. The van der Waals surface area contributed by atoms with Gasteiger partial charge < -0.3 is 15.0 Å². The summed E-state index contributed by atoms with van der Waals surface area (Å²) < 4.78 is 5.33. The Labute approximate surface area is 128 Å². The number of piperidine rings is 1. The van der Waals surface area contributed by atoms with Gasteiger partial charge in [0.05, 0.1) is 19.3 Å². The fraction of sp³-hybridized carbons (Fsp3) is 0.938. The molecule has 1 amide bonds. The highest BCUT2D eigenvalue weighted by molar-refractivity contribution is 5.81. The van der Waals surface area contributed by atoms with E-state index in [0.717, 1.165) is 38.1 Å². The van der Waals surface area contributed by atoms with Crippen molar-refractivity contribution < 1.29 is 9.53 Å². The maximum absolute atomic E-state index is 12.6. The molecule has 3 heterocycles. The van der Waals surface area contributed by atoms with Crippen LogP contribution in [0.25, 0.3) is 0 Å². The van der Waals surface area contributed by atoms with Crippen molar-refractivity contribution in [3.05, 3.63) is 0 Å². The van der Waals surface area contributed by atoms with Gasteiger partial charge in [-0.05, 0) is 58.2 Å². The number of ether oxygens (including phenoxy) is 1. The summed E-state index contributed by atoms with van der Waals surface area (Å²) in [6, 6.07) is 0.762. The van der Waals surface area contributed by atoms with Gasteiger partial charge in [-0.3, -0.25) is 9.69 Å². The predicted octanol–water partition coefficient (Wildman–Crippen LogP) is 0.698. The standard InChI is InChI=1S/C16H29N3O2/c1-13(16(20)19-9-11-21-12-10-19)18-7-4-14(5-8-18)15-3-2-6-17-15/h13-15,17H,2-12H2,1H3. The highest BCUT2D eigenvalue weighted by Crippen LogP contribution is 2.26. The minimum absolute atomic E-state index is 0.0283. The number of rotatable bonds is 3. The molecule has 2 atom stereocenters. The van der Waals surface area contributed by atoms with Crippen LogP contribution >= 0.6 is 0 Å². The minimum Gasteiger partial charge on any atom is -0.378 e. The zero-order valence-electron chi connectivity index (χ0n) is 13.2. The summed E-state index contributed by atoms with van der Waals surface area (Å²) in [5, 5.41) is 3.64. The molecule has 0 radical (unpaired) electrons. The van der Waals surface area contributed by atoms with Gasteiger partial charge in [0.2, 0.25) is 5.91 Å². The maximum atomic E-state index is 12.6. The number of amides is 1. The van der Waals surface area contributed by atoms with E-state index < -0.39 is 0 Å². The predicted molar refractivity (Wildman–Crippen MR) is 82.2 cm³/mol. The summed E-state index contributed by atoms with van der Waals surface area (Å²) in [5.41, 5.74) is 0. The highest BCUT2D eigenvalue weighted by atomic mass is 16.5. The van der Waals surface area contributed by atoms with Crippen LogP contribution in [-0.2, 0) is 9.53 Å². The van der Waals surface area contributed by atoms with Gasteiger partial charge in [0.1, 0.15) is 0 Å². The molecule has 3 saturated heterocycles. The number of likely N-dealkylation sites (tertiary alicyclic amines) is 1. The Morgan fingerprint density at radius 1 is 1.14 bits per heavy atom. The van der Waals surface area contributed by atoms with Crippen LogP contribution < -0.4 is 5.32 Å². The van der Waals surface area contributed by atoms with Gasteiger partial charge in [0.15, 0.2) is 0 Å². The van der Waals surface area contributed by atoms with E-state index >= 15 is 0 Å². The first-order valence-corrected chi connectivity index (χ1v) is 8.59. The molecule has 0 aromatic heterocycles. The van der Waals surface area contributed by atoms with E-state index in [1.165, 1.54) is 32.2 Å². The third kappa shape index (κ3) is 3.58. The lowest BCUT2D eigenvalue weighted by molar-refractivity contribution is -0.141. The van der Waals surface area contributed by atoms with Crippen molar-refractivity contribution in [2.45, 2.75) is 44.7 Å². The van der Waals surface area contributed by atoms with Gasteiger partial charge >= 0.3 is 0 Å². The van der Waals surface area contributed by atoms with Crippen molar-refractivity contribution in [2.75, 3.05) is 45.9 Å². The number of morpholine rings is 1. The number of hydrogen-bond acceptors (Lipinski definition) is 4. The molecular weight excluding hydrogens is 266 g/mol. The topological polar surface area (TPSA) is 44.8 Å². The van der Waals surface area contributed by atoms with Crippen molar-refractivity contribution >= 4 is 5.91 Å². The molecule has 3 fully saturated rings. The second-order valence-corrected chi connectivity index (χ2v) is 6.69. The maximum Gasteiger partial charge on any atom is 0.239 e. The average Bonchev–Trinajstić information content (AvgIpc) is 3.09. The summed E-state index contributed by atoms with van der Waals surface area (Å²) in [7, 11) is 0. The average molecular weight is 295 g/mol. The molecule has 0 aromatic carbocycles. The van der Waals surface area contributed by atoms with E-state index in [4.69, 9.17) is 4.74 Å². The molecule has 2 unspecified atom stereocenters. The van der Waals surface area contributed by atoms with Gasteiger partial charge in [-0.1, -0.05) is 0 Å². The zero-order chi connectivity index (χ0) is 14.7. The molecule has 0 spiro atoms. The Balaban J connectivity index is 1.47. The van der Waals surface area contributed by atoms with Gasteiger partial charge in [0, 0.05) is 19.1 Å². The second kappa shape index (κ2) is 7.07. The number of nitrogens with zero attached hydrogens (tertiary/aromatic N) is 2. The lowest BCUT2D eigenvalue weighted by atomic mass is 9.88. The Morgan fingerprint density at radius 3 is 2.48 bits per heavy atom. The van der Waals surface area contributed by atoms with Crippen molar-refractivity contribution in [3.8, 4) is 0 Å². The number of carbonyl (C=O) groups excluding carboxylic acids is 1. The van der Waals surface area contributed by atoms with E-state index in [1.54, 1.807) is 0 Å². The summed E-state index contributed by atoms with van der Waals surface area (Å²) >= 11 is 0. The Morgan fingerprint density at radius 2 is 1.86 bits per heavy atom. The fourth-order valence-corrected chi connectivity index (χ4v) is 4.03. The highest BCUT2D eigenvalue weighted by Gasteiger charge is 2.33. The van der Waals surface area contributed by atoms with Crippen LogP contribution in [0.2, 0.25) is 0 Å². The van der Waals surface area contributed by atoms with Crippen LogP contribution in [0.1, 0.15) is 32.6 Å². The van der Waals surface area contributed by atoms with Gasteiger partial charge in [-0.2, -0.15) is 0 Å². The third-order valence-electron chi connectivity index (χ3n) is 5.47. The molecule has 5 nitrogen and oxygen atoms in total. The van der Waals surface area contributed by atoms with Crippen molar-refractivity contribution in [1.82, 2.24) is 15.1 Å². The summed E-state index contributed by atoms with van der Waals surface area (Å²) in [5.74, 6) is 1.10.